The second-order valence-electron chi connectivity index (χ2n) is 4.75. The van der Waals surface area contributed by atoms with Gasteiger partial charge in [-0.15, -0.1) is 0 Å². The van der Waals surface area contributed by atoms with E-state index in [1.807, 2.05) is 30.3 Å². The monoisotopic (exact) mass is 317 g/mol. The molecule has 0 saturated carbocycles. The Bertz CT molecular complexity index is 658. The highest BCUT2D eigenvalue weighted by Crippen LogP contribution is 2.22. The summed E-state index contributed by atoms with van der Waals surface area (Å²) in [5.74, 6) is 0.0126. The number of carbonyl (C=O) groups excluding carboxylic acids is 2. The highest BCUT2D eigenvalue weighted by molar-refractivity contribution is 6.31. The van der Waals surface area contributed by atoms with Crippen LogP contribution in [-0.2, 0) is 11.2 Å². The van der Waals surface area contributed by atoms with Gasteiger partial charge in [-0.1, -0.05) is 41.9 Å². The van der Waals surface area contributed by atoms with Crippen LogP contribution in [0.5, 0.6) is 5.75 Å². The van der Waals surface area contributed by atoms with Crippen molar-refractivity contribution in [2.75, 3.05) is 7.11 Å². The van der Waals surface area contributed by atoms with E-state index in [0.29, 0.717) is 22.8 Å². The zero-order valence-electron chi connectivity index (χ0n) is 12.1. The molecule has 0 saturated heterocycles. The highest BCUT2D eigenvalue weighted by atomic mass is 35.5. The van der Waals surface area contributed by atoms with E-state index < -0.39 is 11.9 Å². The molecule has 0 aliphatic heterocycles. The van der Waals surface area contributed by atoms with Crippen LogP contribution >= 0.6 is 11.6 Å². The normalized spacial score (nSPS) is 11.5. The number of carbonyl (C=O) groups is 2. The van der Waals surface area contributed by atoms with Crippen LogP contribution in [0.2, 0.25) is 5.02 Å². The molecule has 0 heterocycles. The van der Waals surface area contributed by atoms with Crippen molar-refractivity contribution in [3.63, 3.8) is 0 Å². The summed E-state index contributed by atoms with van der Waals surface area (Å²) in [5, 5.41) is 3.12. The van der Waals surface area contributed by atoms with Gasteiger partial charge in [0.1, 0.15) is 12.0 Å². The van der Waals surface area contributed by atoms with E-state index in [0.717, 1.165) is 11.8 Å². The van der Waals surface area contributed by atoms with E-state index in [4.69, 9.17) is 16.3 Å². The fraction of sp³-hybridized carbons (Fsp3) is 0.176. The molecular weight excluding hydrogens is 302 g/mol. The first-order valence-corrected chi connectivity index (χ1v) is 7.15. The number of methoxy groups -OCH3 is 1. The number of benzene rings is 2. The fourth-order valence-electron chi connectivity index (χ4n) is 2.10. The average molecular weight is 318 g/mol. The third kappa shape index (κ3) is 4.09. The predicted molar refractivity (Wildman–Crippen MR) is 85.5 cm³/mol. The van der Waals surface area contributed by atoms with Gasteiger partial charge in [0.2, 0.25) is 0 Å². The van der Waals surface area contributed by atoms with Gasteiger partial charge in [-0.05, 0) is 30.2 Å². The van der Waals surface area contributed by atoms with Gasteiger partial charge in [0.05, 0.1) is 18.7 Å². The molecule has 1 atom stereocenters. The van der Waals surface area contributed by atoms with Gasteiger partial charge < -0.3 is 14.8 Å². The van der Waals surface area contributed by atoms with Crippen LogP contribution in [0.15, 0.2) is 48.5 Å². The van der Waals surface area contributed by atoms with Gasteiger partial charge >= 0.3 is 0 Å². The van der Waals surface area contributed by atoms with E-state index in [2.05, 4.69) is 5.32 Å². The number of amides is 1. The van der Waals surface area contributed by atoms with Gasteiger partial charge in [0.15, 0.2) is 0 Å². The number of aldehydes is 1. The molecule has 114 valence electrons. The number of ether oxygens (including phenoxy) is 1. The molecule has 1 N–H and O–H groups in total. The van der Waals surface area contributed by atoms with Crippen molar-refractivity contribution < 1.29 is 14.3 Å². The average Bonchev–Trinajstić information content (AvgIpc) is 2.55. The lowest BCUT2D eigenvalue weighted by atomic mass is 10.1. The molecule has 0 fully saturated rings. The number of rotatable bonds is 6. The summed E-state index contributed by atoms with van der Waals surface area (Å²) in [6.45, 7) is 0. The minimum atomic E-state index is -0.612. The minimum Gasteiger partial charge on any atom is -0.496 e. The largest absolute Gasteiger partial charge is 0.496 e. The lowest BCUT2D eigenvalue weighted by Crippen LogP contribution is -2.37. The molecule has 5 heteroatoms. The molecule has 2 rings (SSSR count). The molecule has 0 aromatic heterocycles. The van der Waals surface area contributed by atoms with E-state index >= 15 is 0 Å². The van der Waals surface area contributed by atoms with Crippen LogP contribution < -0.4 is 10.1 Å². The topological polar surface area (TPSA) is 55.4 Å². The van der Waals surface area contributed by atoms with E-state index in [9.17, 15) is 9.59 Å². The molecule has 0 aliphatic carbocycles. The van der Waals surface area contributed by atoms with E-state index in [1.54, 1.807) is 12.1 Å². The van der Waals surface area contributed by atoms with Gasteiger partial charge in [-0.3, -0.25) is 4.79 Å². The maximum Gasteiger partial charge on any atom is 0.255 e. The standard InChI is InChI=1S/C17H16ClNO3/c1-22-16-8-7-13(18)10-15(16)17(21)19-14(11-20)9-12-5-3-2-4-6-12/h2-8,10-11,14H,9H2,1H3,(H,19,21). The third-order valence-electron chi connectivity index (χ3n) is 3.19. The van der Waals surface area contributed by atoms with Crippen molar-refractivity contribution in [1.29, 1.82) is 0 Å². The molecule has 0 radical (unpaired) electrons. The summed E-state index contributed by atoms with van der Waals surface area (Å²) in [5.41, 5.74) is 1.27. The summed E-state index contributed by atoms with van der Waals surface area (Å²) in [4.78, 5) is 23.6. The number of hydrogen-bond acceptors (Lipinski definition) is 3. The van der Waals surface area contributed by atoms with Crippen molar-refractivity contribution in [1.82, 2.24) is 5.32 Å². The van der Waals surface area contributed by atoms with Crippen molar-refractivity contribution in [2.45, 2.75) is 12.5 Å². The maximum atomic E-state index is 12.3. The van der Waals surface area contributed by atoms with Crippen LogP contribution in [-0.4, -0.2) is 25.3 Å². The Labute approximate surface area is 134 Å². The molecule has 1 unspecified atom stereocenters. The number of halogens is 1. The van der Waals surface area contributed by atoms with Crippen LogP contribution in [0.4, 0.5) is 0 Å². The van der Waals surface area contributed by atoms with Gasteiger partial charge in [-0.2, -0.15) is 0 Å². The first-order chi connectivity index (χ1) is 10.6. The molecule has 0 aliphatic rings. The molecule has 2 aromatic rings. The zero-order valence-corrected chi connectivity index (χ0v) is 12.8. The quantitative estimate of drug-likeness (QED) is 0.833. The SMILES string of the molecule is COc1ccc(Cl)cc1C(=O)NC(C=O)Cc1ccccc1. The number of hydrogen-bond donors (Lipinski definition) is 1. The molecule has 4 nitrogen and oxygen atoms in total. The molecule has 0 bridgehead atoms. The first-order valence-electron chi connectivity index (χ1n) is 6.77. The summed E-state index contributed by atoms with van der Waals surface area (Å²) in [6, 6.07) is 13.6. The second kappa shape index (κ2) is 7.61. The summed E-state index contributed by atoms with van der Waals surface area (Å²) in [6.07, 6.45) is 1.15. The first kappa shape index (κ1) is 16.0. The molecule has 0 spiro atoms. The van der Waals surface area contributed by atoms with Gasteiger partial charge in [0, 0.05) is 5.02 Å². The Balaban J connectivity index is 2.12. The maximum absolute atomic E-state index is 12.3. The third-order valence-corrected chi connectivity index (χ3v) is 3.42. The highest BCUT2D eigenvalue weighted by Gasteiger charge is 2.17. The summed E-state index contributed by atoms with van der Waals surface area (Å²) in [7, 11) is 1.47. The minimum absolute atomic E-state index is 0.301. The van der Waals surface area contributed by atoms with E-state index in [-0.39, 0.29) is 0 Å². The van der Waals surface area contributed by atoms with Gasteiger partial charge in [0.25, 0.3) is 5.91 Å². The Morgan fingerprint density at radius 2 is 2.00 bits per heavy atom. The lowest BCUT2D eigenvalue weighted by Gasteiger charge is -2.14. The van der Waals surface area contributed by atoms with Crippen LogP contribution in [0, 0.1) is 0 Å². The Morgan fingerprint density at radius 3 is 2.64 bits per heavy atom. The fourth-order valence-corrected chi connectivity index (χ4v) is 2.28. The Hall–Kier alpha value is -2.33. The molecule has 22 heavy (non-hydrogen) atoms. The Kier molecular flexibility index (Phi) is 5.55. The zero-order chi connectivity index (χ0) is 15.9. The summed E-state index contributed by atoms with van der Waals surface area (Å²) >= 11 is 5.91. The number of nitrogens with one attached hydrogen (secondary N) is 1. The lowest BCUT2D eigenvalue weighted by molar-refractivity contribution is -0.109. The smallest absolute Gasteiger partial charge is 0.255 e. The van der Waals surface area contributed by atoms with Crippen LogP contribution in [0.25, 0.3) is 0 Å². The van der Waals surface area contributed by atoms with Crippen molar-refractivity contribution in [3.8, 4) is 5.75 Å². The molecule has 1 amide bonds. The molecule has 2 aromatic carbocycles. The van der Waals surface area contributed by atoms with Gasteiger partial charge in [-0.25, -0.2) is 0 Å². The van der Waals surface area contributed by atoms with Crippen LogP contribution in [0.3, 0.4) is 0 Å². The van der Waals surface area contributed by atoms with Crippen molar-refractivity contribution >= 4 is 23.8 Å². The van der Waals surface area contributed by atoms with Crippen molar-refractivity contribution in [2.24, 2.45) is 0 Å². The van der Waals surface area contributed by atoms with E-state index in [1.165, 1.54) is 13.2 Å². The van der Waals surface area contributed by atoms with Crippen LogP contribution in [0.1, 0.15) is 15.9 Å². The summed E-state index contributed by atoms with van der Waals surface area (Å²) < 4.78 is 5.15. The predicted octanol–water partition coefficient (Wildman–Crippen LogP) is 2.89. The molecular formula is C17H16ClNO3. The van der Waals surface area contributed by atoms with Crippen molar-refractivity contribution in [3.05, 3.63) is 64.7 Å². The second-order valence-corrected chi connectivity index (χ2v) is 5.19. The Morgan fingerprint density at radius 1 is 1.27 bits per heavy atom.